The molecule has 3 rings (SSSR count). The van der Waals surface area contributed by atoms with Gasteiger partial charge in [0.25, 0.3) is 0 Å². The molecule has 0 radical (unpaired) electrons. The molecule has 7 nitrogen and oxygen atoms in total. The summed E-state index contributed by atoms with van der Waals surface area (Å²) in [5.41, 5.74) is 0.631. The molecule has 1 heterocycles. The number of hydrogen-bond donors (Lipinski definition) is 1. The molecule has 0 spiro atoms. The van der Waals surface area contributed by atoms with E-state index in [1.54, 1.807) is 31.4 Å². The van der Waals surface area contributed by atoms with E-state index in [1.807, 2.05) is 35.8 Å². The van der Waals surface area contributed by atoms with E-state index < -0.39 is 0 Å². The van der Waals surface area contributed by atoms with Gasteiger partial charge in [0, 0.05) is 6.54 Å². The smallest absolute Gasteiger partial charge is 0.234 e. The van der Waals surface area contributed by atoms with Crippen molar-refractivity contribution in [2.24, 2.45) is 0 Å². The van der Waals surface area contributed by atoms with Gasteiger partial charge in [0.1, 0.15) is 18.1 Å². The van der Waals surface area contributed by atoms with Crippen molar-refractivity contribution in [1.82, 2.24) is 14.8 Å². The fourth-order valence-electron chi connectivity index (χ4n) is 2.62. The number of para-hydroxylation sites is 3. The van der Waals surface area contributed by atoms with Crippen molar-refractivity contribution in [3.8, 4) is 11.5 Å². The van der Waals surface area contributed by atoms with Crippen LogP contribution in [0.15, 0.2) is 53.7 Å². The maximum absolute atomic E-state index is 12.3. The molecule has 0 aliphatic rings. The van der Waals surface area contributed by atoms with Gasteiger partial charge < -0.3 is 19.4 Å². The van der Waals surface area contributed by atoms with E-state index in [0.29, 0.717) is 39.7 Å². The second-order valence-corrected chi connectivity index (χ2v) is 7.25. The van der Waals surface area contributed by atoms with Crippen molar-refractivity contribution in [1.29, 1.82) is 0 Å². The Bertz CT molecular complexity index is 980. The molecule has 0 aliphatic heterocycles. The molecule has 1 aromatic heterocycles. The SMILES string of the molecule is CCn1c(COc2ccccc2Cl)nnc1SCC(=O)Nc1ccccc1OC. The average Bonchev–Trinajstić information content (AvgIpc) is 3.14. The molecule has 152 valence electrons. The number of methoxy groups -OCH3 is 1. The zero-order chi connectivity index (χ0) is 20.6. The minimum Gasteiger partial charge on any atom is -0.495 e. The molecule has 0 bridgehead atoms. The predicted molar refractivity (Wildman–Crippen MR) is 114 cm³/mol. The minimum absolute atomic E-state index is 0.154. The highest BCUT2D eigenvalue weighted by molar-refractivity contribution is 7.99. The van der Waals surface area contributed by atoms with Crippen LogP contribution in [-0.2, 0) is 17.9 Å². The van der Waals surface area contributed by atoms with Crippen molar-refractivity contribution >= 4 is 35.0 Å². The number of ether oxygens (including phenoxy) is 2. The number of benzene rings is 2. The quantitative estimate of drug-likeness (QED) is 0.509. The first kappa shape index (κ1) is 21.0. The Morgan fingerprint density at radius 2 is 1.86 bits per heavy atom. The lowest BCUT2D eigenvalue weighted by Crippen LogP contribution is -2.15. The van der Waals surface area contributed by atoms with E-state index in [4.69, 9.17) is 21.1 Å². The highest BCUT2D eigenvalue weighted by Crippen LogP contribution is 2.26. The zero-order valence-electron chi connectivity index (χ0n) is 16.1. The van der Waals surface area contributed by atoms with E-state index in [0.717, 1.165) is 0 Å². The third-order valence-corrected chi connectivity index (χ3v) is 5.30. The normalized spacial score (nSPS) is 10.6. The molecule has 1 amide bonds. The van der Waals surface area contributed by atoms with E-state index >= 15 is 0 Å². The topological polar surface area (TPSA) is 78.3 Å². The maximum atomic E-state index is 12.3. The molecule has 3 aromatic rings. The second-order valence-electron chi connectivity index (χ2n) is 5.90. The summed E-state index contributed by atoms with van der Waals surface area (Å²) in [7, 11) is 1.57. The van der Waals surface area contributed by atoms with Crippen LogP contribution >= 0.6 is 23.4 Å². The van der Waals surface area contributed by atoms with E-state index in [-0.39, 0.29) is 18.3 Å². The fraction of sp³-hybridized carbons (Fsp3) is 0.250. The number of nitrogens with zero attached hydrogens (tertiary/aromatic N) is 3. The first-order chi connectivity index (χ1) is 14.1. The Hall–Kier alpha value is -2.71. The van der Waals surface area contributed by atoms with Gasteiger partial charge in [-0.1, -0.05) is 47.6 Å². The number of hydrogen-bond acceptors (Lipinski definition) is 6. The van der Waals surface area contributed by atoms with Crippen LogP contribution in [0.25, 0.3) is 0 Å². The zero-order valence-corrected chi connectivity index (χ0v) is 17.7. The number of amides is 1. The van der Waals surface area contributed by atoms with Gasteiger partial charge in [-0.3, -0.25) is 4.79 Å². The summed E-state index contributed by atoms with van der Waals surface area (Å²) >= 11 is 7.43. The lowest BCUT2D eigenvalue weighted by Gasteiger charge is -2.11. The average molecular weight is 433 g/mol. The van der Waals surface area contributed by atoms with Gasteiger partial charge in [0.2, 0.25) is 5.91 Å². The molecule has 0 atom stereocenters. The predicted octanol–water partition coefficient (Wildman–Crippen LogP) is 4.27. The summed E-state index contributed by atoms with van der Waals surface area (Å²) in [5.74, 6) is 1.91. The number of nitrogens with one attached hydrogen (secondary N) is 1. The number of rotatable bonds is 9. The van der Waals surface area contributed by atoms with Gasteiger partial charge in [-0.2, -0.15) is 0 Å². The first-order valence-electron chi connectivity index (χ1n) is 8.97. The Labute approximate surface area is 178 Å². The molecule has 29 heavy (non-hydrogen) atoms. The number of thioether (sulfide) groups is 1. The Kier molecular flexibility index (Phi) is 7.37. The van der Waals surface area contributed by atoms with Crippen LogP contribution < -0.4 is 14.8 Å². The molecule has 0 unspecified atom stereocenters. The standard InChI is InChI=1S/C20H21ClN4O3S/c1-3-25-18(12-28-16-10-6-4-8-14(16)21)23-24-20(25)29-13-19(26)22-15-9-5-7-11-17(15)27-2/h4-11H,3,12-13H2,1-2H3,(H,22,26). The Morgan fingerprint density at radius 1 is 1.14 bits per heavy atom. The van der Waals surface area contributed by atoms with Gasteiger partial charge in [-0.05, 0) is 31.2 Å². The highest BCUT2D eigenvalue weighted by Gasteiger charge is 2.15. The molecule has 0 saturated carbocycles. The van der Waals surface area contributed by atoms with Crippen LogP contribution in [-0.4, -0.2) is 33.5 Å². The summed E-state index contributed by atoms with van der Waals surface area (Å²) in [6.07, 6.45) is 0. The van der Waals surface area contributed by atoms with Gasteiger partial charge in [0.05, 0.1) is 23.6 Å². The summed E-state index contributed by atoms with van der Waals surface area (Å²) in [6.45, 7) is 2.88. The van der Waals surface area contributed by atoms with Crippen molar-refractivity contribution in [2.45, 2.75) is 25.2 Å². The third-order valence-electron chi connectivity index (χ3n) is 4.02. The van der Waals surface area contributed by atoms with Crippen molar-refractivity contribution in [3.05, 3.63) is 59.4 Å². The van der Waals surface area contributed by atoms with E-state index in [2.05, 4.69) is 15.5 Å². The maximum Gasteiger partial charge on any atom is 0.234 e. The second kappa shape index (κ2) is 10.2. The molecule has 0 fully saturated rings. The van der Waals surface area contributed by atoms with Crippen molar-refractivity contribution in [2.75, 3.05) is 18.2 Å². The number of carbonyl (C=O) groups excluding carboxylic acids is 1. The van der Waals surface area contributed by atoms with Crippen LogP contribution in [0, 0.1) is 0 Å². The fourth-order valence-corrected chi connectivity index (χ4v) is 3.63. The largest absolute Gasteiger partial charge is 0.495 e. The third kappa shape index (κ3) is 5.42. The molecule has 2 aromatic carbocycles. The molecular formula is C20H21ClN4O3S. The molecule has 1 N–H and O–H groups in total. The van der Waals surface area contributed by atoms with Crippen LogP contribution in [0.2, 0.25) is 5.02 Å². The lowest BCUT2D eigenvalue weighted by molar-refractivity contribution is -0.113. The summed E-state index contributed by atoms with van der Waals surface area (Å²) in [5, 5.41) is 12.4. The molecule has 0 aliphatic carbocycles. The molecule has 9 heteroatoms. The summed E-state index contributed by atoms with van der Waals surface area (Å²) < 4.78 is 12.9. The summed E-state index contributed by atoms with van der Waals surface area (Å²) in [4.78, 5) is 12.3. The van der Waals surface area contributed by atoms with Gasteiger partial charge in [-0.15, -0.1) is 10.2 Å². The Morgan fingerprint density at radius 3 is 2.59 bits per heavy atom. The van der Waals surface area contributed by atoms with Crippen LogP contribution in [0.1, 0.15) is 12.7 Å². The molecular weight excluding hydrogens is 412 g/mol. The van der Waals surface area contributed by atoms with Crippen molar-refractivity contribution < 1.29 is 14.3 Å². The van der Waals surface area contributed by atoms with Gasteiger partial charge in [0.15, 0.2) is 11.0 Å². The minimum atomic E-state index is -0.154. The number of carbonyl (C=O) groups is 1. The summed E-state index contributed by atoms with van der Waals surface area (Å²) in [6, 6.07) is 14.5. The highest BCUT2D eigenvalue weighted by atomic mass is 35.5. The molecule has 0 saturated heterocycles. The number of anilines is 1. The van der Waals surface area contributed by atoms with Gasteiger partial charge in [-0.25, -0.2) is 0 Å². The lowest BCUT2D eigenvalue weighted by atomic mass is 10.3. The van der Waals surface area contributed by atoms with E-state index in [9.17, 15) is 4.79 Å². The number of halogens is 1. The monoisotopic (exact) mass is 432 g/mol. The Balaban J connectivity index is 1.60. The van der Waals surface area contributed by atoms with E-state index in [1.165, 1.54) is 11.8 Å². The van der Waals surface area contributed by atoms with Crippen LogP contribution in [0.5, 0.6) is 11.5 Å². The van der Waals surface area contributed by atoms with Crippen LogP contribution in [0.3, 0.4) is 0 Å². The first-order valence-corrected chi connectivity index (χ1v) is 10.3. The number of aromatic nitrogens is 3. The van der Waals surface area contributed by atoms with Crippen LogP contribution in [0.4, 0.5) is 5.69 Å². The van der Waals surface area contributed by atoms with Crippen molar-refractivity contribution in [3.63, 3.8) is 0 Å². The van der Waals surface area contributed by atoms with Gasteiger partial charge >= 0.3 is 0 Å².